The van der Waals surface area contributed by atoms with Crippen LogP contribution in [-0.4, -0.2) is 4.98 Å². The van der Waals surface area contributed by atoms with Crippen molar-refractivity contribution in [2.75, 3.05) is 0 Å². The van der Waals surface area contributed by atoms with Crippen molar-refractivity contribution in [3.05, 3.63) is 34.9 Å². The highest BCUT2D eigenvalue weighted by molar-refractivity contribution is 9.10. The number of halogens is 1. The molecule has 2 aromatic rings. The van der Waals surface area contributed by atoms with Crippen molar-refractivity contribution in [1.29, 1.82) is 0 Å². The minimum Gasteiger partial charge on any atom is -0.256 e. The molecule has 0 radical (unpaired) electrons. The lowest BCUT2D eigenvalue weighted by Crippen LogP contribution is -1.79. The van der Waals surface area contributed by atoms with Crippen LogP contribution in [0.1, 0.15) is 0 Å². The molecule has 0 saturated carbocycles. The molecule has 0 aliphatic rings. The summed E-state index contributed by atoms with van der Waals surface area (Å²) >= 11 is 7.79. The third-order valence-corrected chi connectivity index (χ3v) is 3.16. The standard InChI is InChI=1S/C9H6BrNS/c10-7-3-4-8-6(9(7)12)2-1-5-11-8/h1-5,12H. The Hall–Kier alpha value is -0.540. The third kappa shape index (κ3) is 1.23. The highest BCUT2D eigenvalue weighted by Gasteiger charge is 2.00. The first-order valence-electron chi connectivity index (χ1n) is 3.51. The second kappa shape index (κ2) is 3.07. The molecule has 1 nitrogen and oxygen atoms in total. The van der Waals surface area contributed by atoms with E-state index in [1.165, 1.54) is 0 Å². The van der Waals surface area contributed by atoms with E-state index in [2.05, 4.69) is 33.5 Å². The number of hydrogen-bond donors (Lipinski definition) is 1. The Bertz CT molecular complexity index is 428. The summed E-state index contributed by atoms with van der Waals surface area (Å²) in [6.45, 7) is 0. The molecule has 0 unspecified atom stereocenters. The smallest absolute Gasteiger partial charge is 0.0713 e. The zero-order chi connectivity index (χ0) is 8.55. The first kappa shape index (κ1) is 8.08. The molecule has 0 amide bonds. The first-order chi connectivity index (χ1) is 5.79. The molecule has 0 atom stereocenters. The van der Waals surface area contributed by atoms with E-state index in [0.29, 0.717) is 0 Å². The van der Waals surface area contributed by atoms with Gasteiger partial charge < -0.3 is 0 Å². The number of hydrogen-bond acceptors (Lipinski definition) is 2. The largest absolute Gasteiger partial charge is 0.256 e. The molecule has 0 saturated heterocycles. The number of benzene rings is 1. The van der Waals surface area contributed by atoms with Gasteiger partial charge in [0.05, 0.1) is 5.52 Å². The van der Waals surface area contributed by atoms with Gasteiger partial charge in [-0.25, -0.2) is 0 Å². The molecule has 0 spiro atoms. The predicted octanol–water partition coefficient (Wildman–Crippen LogP) is 3.29. The van der Waals surface area contributed by atoms with E-state index >= 15 is 0 Å². The van der Waals surface area contributed by atoms with Gasteiger partial charge in [0.25, 0.3) is 0 Å². The topological polar surface area (TPSA) is 12.9 Å². The van der Waals surface area contributed by atoms with E-state index in [9.17, 15) is 0 Å². The van der Waals surface area contributed by atoms with Gasteiger partial charge in [0.15, 0.2) is 0 Å². The monoisotopic (exact) mass is 239 g/mol. The van der Waals surface area contributed by atoms with E-state index in [1.54, 1.807) is 6.20 Å². The van der Waals surface area contributed by atoms with Crippen LogP contribution in [0.4, 0.5) is 0 Å². The molecule has 2 rings (SSSR count). The number of thiol groups is 1. The van der Waals surface area contributed by atoms with Gasteiger partial charge in [-0.15, -0.1) is 12.6 Å². The molecule has 0 fully saturated rings. The van der Waals surface area contributed by atoms with E-state index in [0.717, 1.165) is 20.3 Å². The average molecular weight is 240 g/mol. The van der Waals surface area contributed by atoms with Crippen molar-refractivity contribution in [2.45, 2.75) is 4.90 Å². The Morgan fingerprint density at radius 1 is 1.25 bits per heavy atom. The first-order valence-corrected chi connectivity index (χ1v) is 4.75. The van der Waals surface area contributed by atoms with Crippen molar-refractivity contribution in [3.63, 3.8) is 0 Å². The van der Waals surface area contributed by atoms with Crippen molar-refractivity contribution >= 4 is 39.5 Å². The molecule has 0 aliphatic heterocycles. The Balaban J connectivity index is 2.91. The highest BCUT2D eigenvalue weighted by Crippen LogP contribution is 2.27. The summed E-state index contributed by atoms with van der Waals surface area (Å²) in [7, 11) is 0. The van der Waals surface area contributed by atoms with E-state index in [-0.39, 0.29) is 0 Å². The Morgan fingerprint density at radius 3 is 2.92 bits per heavy atom. The zero-order valence-corrected chi connectivity index (χ0v) is 8.64. The van der Waals surface area contributed by atoms with Crippen LogP contribution in [0.25, 0.3) is 10.9 Å². The van der Waals surface area contributed by atoms with Gasteiger partial charge in [0.1, 0.15) is 0 Å². The molecule has 1 aromatic heterocycles. The van der Waals surface area contributed by atoms with Gasteiger partial charge in [0, 0.05) is 21.0 Å². The van der Waals surface area contributed by atoms with Gasteiger partial charge in [-0.3, -0.25) is 4.98 Å². The predicted molar refractivity (Wildman–Crippen MR) is 56.7 cm³/mol. The summed E-state index contributed by atoms with van der Waals surface area (Å²) in [5.74, 6) is 0. The highest BCUT2D eigenvalue weighted by atomic mass is 79.9. The molecule has 0 N–H and O–H groups in total. The van der Waals surface area contributed by atoms with Gasteiger partial charge in [0.2, 0.25) is 0 Å². The second-order valence-electron chi connectivity index (χ2n) is 2.47. The third-order valence-electron chi connectivity index (χ3n) is 1.71. The zero-order valence-electron chi connectivity index (χ0n) is 6.16. The maximum Gasteiger partial charge on any atom is 0.0713 e. The second-order valence-corrected chi connectivity index (χ2v) is 3.77. The fraction of sp³-hybridized carbons (Fsp3) is 0. The molecule has 1 aromatic carbocycles. The summed E-state index contributed by atoms with van der Waals surface area (Å²) in [6, 6.07) is 7.85. The van der Waals surface area contributed by atoms with Crippen LogP contribution in [0.2, 0.25) is 0 Å². The lowest BCUT2D eigenvalue weighted by atomic mass is 10.2. The maximum atomic E-state index is 4.38. The molecular weight excluding hydrogens is 234 g/mol. The van der Waals surface area contributed by atoms with Crippen molar-refractivity contribution in [1.82, 2.24) is 4.98 Å². The number of aromatic nitrogens is 1. The summed E-state index contributed by atoms with van der Waals surface area (Å²) < 4.78 is 1.01. The molecule has 1 heterocycles. The van der Waals surface area contributed by atoms with Crippen molar-refractivity contribution in [2.24, 2.45) is 0 Å². The number of rotatable bonds is 0. The van der Waals surface area contributed by atoms with Crippen LogP contribution < -0.4 is 0 Å². The summed E-state index contributed by atoms with van der Waals surface area (Å²) in [6.07, 6.45) is 1.78. The lowest BCUT2D eigenvalue weighted by Gasteiger charge is -2.01. The summed E-state index contributed by atoms with van der Waals surface area (Å²) in [5, 5.41) is 1.08. The molecule has 0 bridgehead atoms. The molecule has 0 aliphatic carbocycles. The van der Waals surface area contributed by atoms with Crippen LogP contribution in [0.15, 0.2) is 39.8 Å². The maximum absolute atomic E-state index is 4.38. The lowest BCUT2D eigenvalue weighted by molar-refractivity contribution is 1.37. The van der Waals surface area contributed by atoms with Gasteiger partial charge in [-0.2, -0.15) is 0 Å². The van der Waals surface area contributed by atoms with Gasteiger partial charge in [-0.1, -0.05) is 6.07 Å². The quantitative estimate of drug-likeness (QED) is 0.697. The van der Waals surface area contributed by atoms with E-state index < -0.39 is 0 Å². The van der Waals surface area contributed by atoms with Gasteiger partial charge >= 0.3 is 0 Å². The van der Waals surface area contributed by atoms with Crippen molar-refractivity contribution in [3.8, 4) is 0 Å². The van der Waals surface area contributed by atoms with Crippen LogP contribution in [0.3, 0.4) is 0 Å². The molecule has 3 heteroatoms. The Labute approximate surface area is 84.4 Å². The van der Waals surface area contributed by atoms with Crippen LogP contribution in [-0.2, 0) is 0 Å². The minimum atomic E-state index is 0.945. The van der Waals surface area contributed by atoms with Crippen LogP contribution in [0.5, 0.6) is 0 Å². The molecular formula is C9H6BrNS. The number of pyridine rings is 1. The fourth-order valence-corrected chi connectivity index (χ4v) is 1.72. The number of nitrogens with zero attached hydrogens (tertiary/aromatic N) is 1. The Kier molecular flexibility index (Phi) is 2.07. The van der Waals surface area contributed by atoms with E-state index in [1.807, 2.05) is 24.3 Å². The SMILES string of the molecule is Sc1c(Br)ccc2ncccc12. The minimum absolute atomic E-state index is 0.945. The normalized spacial score (nSPS) is 10.5. The molecule has 12 heavy (non-hydrogen) atoms. The van der Waals surface area contributed by atoms with E-state index in [4.69, 9.17) is 0 Å². The summed E-state index contributed by atoms with van der Waals surface area (Å²) in [5.41, 5.74) is 0.978. The Morgan fingerprint density at radius 2 is 2.08 bits per heavy atom. The molecule has 60 valence electrons. The van der Waals surface area contributed by atoms with Gasteiger partial charge in [-0.05, 0) is 34.1 Å². The summed E-state index contributed by atoms with van der Waals surface area (Å²) in [4.78, 5) is 5.16. The average Bonchev–Trinajstić information content (AvgIpc) is 2.12. The van der Waals surface area contributed by atoms with Crippen LogP contribution >= 0.6 is 28.6 Å². The number of fused-ring (bicyclic) bond motifs is 1. The fourth-order valence-electron chi connectivity index (χ4n) is 1.11. The van der Waals surface area contributed by atoms with Crippen LogP contribution in [0, 0.1) is 0 Å². The van der Waals surface area contributed by atoms with Crippen molar-refractivity contribution < 1.29 is 0 Å².